The maximum Gasteiger partial charge on any atom is 0.223 e. The number of nitrogens with zero attached hydrogens (tertiary/aromatic N) is 1. The van der Waals surface area contributed by atoms with E-state index in [1.165, 1.54) is 0 Å². The van der Waals surface area contributed by atoms with Crippen molar-refractivity contribution in [2.24, 2.45) is 5.92 Å². The smallest absolute Gasteiger partial charge is 0.223 e. The number of aromatic hydroxyl groups is 1. The highest BCUT2D eigenvalue weighted by Gasteiger charge is 2.24. The topological polar surface area (TPSA) is 52.6 Å². The van der Waals surface area contributed by atoms with Crippen LogP contribution < -0.4 is 5.32 Å². The van der Waals surface area contributed by atoms with E-state index in [2.05, 4.69) is 16.8 Å². The zero-order chi connectivity index (χ0) is 14.4. The second kappa shape index (κ2) is 7.10. The minimum absolute atomic E-state index is 0.107. The number of benzene rings is 1. The molecular formula is C16H22N2O2. The number of carbonyl (C=O) groups is 1. The number of phenols is 1. The van der Waals surface area contributed by atoms with Crippen molar-refractivity contribution in [2.75, 3.05) is 19.6 Å². The fourth-order valence-electron chi connectivity index (χ4n) is 2.56. The Hall–Kier alpha value is -1.81. The number of rotatable bonds is 5. The van der Waals surface area contributed by atoms with Gasteiger partial charge >= 0.3 is 0 Å². The monoisotopic (exact) mass is 274 g/mol. The van der Waals surface area contributed by atoms with Gasteiger partial charge in [0.2, 0.25) is 5.91 Å². The Morgan fingerprint density at radius 1 is 1.40 bits per heavy atom. The van der Waals surface area contributed by atoms with E-state index in [-0.39, 0.29) is 11.8 Å². The number of likely N-dealkylation sites (tertiary alicyclic amines) is 1. The lowest BCUT2D eigenvalue weighted by Crippen LogP contribution is -2.40. The molecule has 0 bridgehead atoms. The lowest BCUT2D eigenvalue weighted by atomic mass is 9.95. The standard InChI is InChI=1S/C16H22N2O2/c1-2-9-17-16(20)13-7-10-18(11-8-13)12-14-5-3-4-6-15(14)19/h2-6,13,19H,1,7-12H2,(H,17,20). The average Bonchev–Trinajstić information content (AvgIpc) is 2.48. The molecule has 1 aliphatic rings. The molecule has 0 spiro atoms. The summed E-state index contributed by atoms with van der Waals surface area (Å²) in [6, 6.07) is 7.42. The van der Waals surface area contributed by atoms with Crippen LogP contribution in [0.1, 0.15) is 18.4 Å². The van der Waals surface area contributed by atoms with Crippen molar-refractivity contribution in [2.45, 2.75) is 19.4 Å². The molecule has 1 aromatic rings. The number of phenolic OH excluding ortho intramolecular Hbond substituents is 1. The molecule has 0 aromatic heterocycles. The average molecular weight is 274 g/mol. The van der Waals surface area contributed by atoms with Gasteiger partial charge in [0.25, 0.3) is 0 Å². The highest BCUT2D eigenvalue weighted by atomic mass is 16.3. The fraction of sp³-hybridized carbons (Fsp3) is 0.438. The summed E-state index contributed by atoms with van der Waals surface area (Å²) in [5.74, 6) is 0.584. The van der Waals surface area contributed by atoms with Crippen molar-refractivity contribution in [1.82, 2.24) is 10.2 Å². The van der Waals surface area contributed by atoms with Crippen LogP contribution >= 0.6 is 0 Å². The molecule has 1 saturated heterocycles. The zero-order valence-corrected chi connectivity index (χ0v) is 11.7. The van der Waals surface area contributed by atoms with E-state index in [4.69, 9.17) is 0 Å². The summed E-state index contributed by atoms with van der Waals surface area (Å²) in [4.78, 5) is 14.1. The van der Waals surface area contributed by atoms with Crippen LogP contribution in [0, 0.1) is 5.92 Å². The van der Waals surface area contributed by atoms with Crippen LogP contribution in [0.25, 0.3) is 0 Å². The predicted octanol–water partition coefficient (Wildman–Crippen LogP) is 1.91. The van der Waals surface area contributed by atoms with Crippen LogP contribution in [0.3, 0.4) is 0 Å². The quantitative estimate of drug-likeness (QED) is 0.806. The van der Waals surface area contributed by atoms with Gasteiger partial charge in [0, 0.05) is 24.6 Å². The first-order valence-corrected chi connectivity index (χ1v) is 7.08. The molecule has 2 rings (SSSR count). The minimum atomic E-state index is 0.107. The molecule has 0 unspecified atom stereocenters. The molecule has 1 fully saturated rings. The van der Waals surface area contributed by atoms with Gasteiger partial charge in [-0.05, 0) is 32.0 Å². The molecule has 4 heteroatoms. The van der Waals surface area contributed by atoms with Crippen LogP contribution in [0.4, 0.5) is 0 Å². The Morgan fingerprint density at radius 3 is 2.75 bits per heavy atom. The third kappa shape index (κ3) is 3.84. The van der Waals surface area contributed by atoms with Gasteiger partial charge in [0.15, 0.2) is 0 Å². The summed E-state index contributed by atoms with van der Waals surface area (Å²) in [6.07, 6.45) is 3.44. The molecule has 0 radical (unpaired) electrons. The molecule has 0 saturated carbocycles. The lowest BCUT2D eigenvalue weighted by molar-refractivity contribution is -0.126. The maximum atomic E-state index is 11.9. The van der Waals surface area contributed by atoms with E-state index in [1.807, 2.05) is 18.2 Å². The zero-order valence-electron chi connectivity index (χ0n) is 11.7. The van der Waals surface area contributed by atoms with Gasteiger partial charge in [-0.2, -0.15) is 0 Å². The molecule has 2 N–H and O–H groups in total. The van der Waals surface area contributed by atoms with Crippen LogP contribution in [-0.4, -0.2) is 35.5 Å². The van der Waals surface area contributed by atoms with Crippen LogP contribution in [0.5, 0.6) is 5.75 Å². The van der Waals surface area contributed by atoms with E-state index in [0.29, 0.717) is 12.3 Å². The summed E-state index contributed by atoms with van der Waals surface area (Å²) in [7, 11) is 0. The molecule has 20 heavy (non-hydrogen) atoms. The van der Waals surface area contributed by atoms with Gasteiger partial charge in [-0.25, -0.2) is 0 Å². The van der Waals surface area contributed by atoms with Gasteiger partial charge in [-0.3, -0.25) is 9.69 Å². The molecule has 0 atom stereocenters. The Kier molecular flexibility index (Phi) is 5.18. The van der Waals surface area contributed by atoms with Gasteiger partial charge < -0.3 is 10.4 Å². The van der Waals surface area contributed by atoms with Gasteiger partial charge in [-0.15, -0.1) is 6.58 Å². The Balaban J connectivity index is 1.81. The predicted molar refractivity (Wildman–Crippen MR) is 79.3 cm³/mol. The second-order valence-electron chi connectivity index (χ2n) is 5.21. The van der Waals surface area contributed by atoms with E-state index in [1.54, 1.807) is 12.1 Å². The van der Waals surface area contributed by atoms with E-state index < -0.39 is 0 Å². The summed E-state index contributed by atoms with van der Waals surface area (Å²) in [5, 5.41) is 12.6. The minimum Gasteiger partial charge on any atom is -0.508 e. The summed E-state index contributed by atoms with van der Waals surface area (Å²) in [5.41, 5.74) is 0.946. The van der Waals surface area contributed by atoms with Gasteiger partial charge in [-0.1, -0.05) is 24.3 Å². The first kappa shape index (κ1) is 14.6. The Morgan fingerprint density at radius 2 is 2.10 bits per heavy atom. The van der Waals surface area contributed by atoms with Crippen molar-refractivity contribution in [1.29, 1.82) is 0 Å². The maximum absolute atomic E-state index is 11.9. The van der Waals surface area contributed by atoms with Gasteiger partial charge in [0.1, 0.15) is 5.75 Å². The van der Waals surface area contributed by atoms with E-state index >= 15 is 0 Å². The number of para-hydroxylation sites is 1. The Bertz CT molecular complexity index is 465. The molecule has 0 aliphatic carbocycles. The number of piperidine rings is 1. The third-order valence-corrected chi connectivity index (χ3v) is 3.76. The third-order valence-electron chi connectivity index (χ3n) is 3.76. The number of hydrogen-bond acceptors (Lipinski definition) is 3. The molecule has 1 heterocycles. The van der Waals surface area contributed by atoms with Crippen LogP contribution in [-0.2, 0) is 11.3 Å². The molecule has 1 amide bonds. The first-order valence-electron chi connectivity index (χ1n) is 7.08. The summed E-state index contributed by atoms with van der Waals surface area (Å²) >= 11 is 0. The molecule has 1 aromatic carbocycles. The number of nitrogens with one attached hydrogen (secondary N) is 1. The van der Waals surface area contributed by atoms with E-state index in [9.17, 15) is 9.90 Å². The largest absolute Gasteiger partial charge is 0.508 e. The van der Waals surface area contributed by atoms with Crippen molar-refractivity contribution in [3.8, 4) is 5.75 Å². The van der Waals surface area contributed by atoms with Crippen LogP contribution in [0.2, 0.25) is 0 Å². The lowest BCUT2D eigenvalue weighted by Gasteiger charge is -2.31. The SMILES string of the molecule is C=CCNC(=O)C1CCN(Cc2ccccc2O)CC1. The number of carbonyl (C=O) groups excluding carboxylic acids is 1. The fourth-order valence-corrected chi connectivity index (χ4v) is 2.56. The first-order chi connectivity index (χ1) is 9.70. The Labute approximate surface area is 120 Å². The summed E-state index contributed by atoms with van der Waals surface area (Å²) in [6.45, 7) is 6.66. The van der Waals surface area contributed by atoms with Crippen molar-refractivity contribution in [3.63, 3.8) is 0 Å². The van der Waals surface area contributed by atoms with E-state index in [0.717, 1.165) is 38.0 Å². The molecule has 108 valence electrons. The summed E-state index contributed by atoms with van der Waals surface area (Å²) < 4.78 is 0. The van der Waals surface area contributed by atoms with Crippen molar-refractivity contribution in [3.05, 3.63) is 42.5 Å². The van der Waals surface area contributed by atoms with Crippen molar-refractivity contribution < 1.29 is 9.90 Å². The van der Waals surface area contributed by atoms with Crippen molar-refractivity contribution >= 4 is 5.91 Å². The molecular weight excluding hydrogens is 252 g/mol. The van der Waals surface area contributed by atoms with Gasteiger partial charge in [0.05, 0.1) is 0 Å². The highest BCUT2D eigenvalue weighted by Crippen LogP contribution is 2.22. The molecule has 4 nitrogen and oxygen atoms in total. The normalized spacial score (nSPS) is 16.8. The van der Waals surface area contributed by atoms with Crippen LogP contribution in [0.15, 0.2) is 36.9 Å². The second-order valence-corrected chi connectivity index (χ2v) is 5.21. The molecule has 1 aliphatic heterocycles. The number of hydrogen-bond donors (Lipinski definition) is 2. The number of amides is 1. The highest BCUT2D eigenvalue weighted by molar-refractivity contribution is 5.78.